The lowest BCUT2D eigenvalue weighted by Crippen LogP contribution is -2.32. The van der Waals surface area contributed by atoms with Crippen LogP contribution in [0.1, 0.15) is 17.4 Å². The third-order valence-corrected chi connectivity index (χ3v) is 2.83. The largest absolute Gasteiger partial charge is 0.367 e. The number of rotatable bonds is 6. The molecular formula is C13H21FN4O. The van der Waals surface area contributed by atoms with E-state index in [9.17, 15) is 9.18 Å². The fourth-order valence-corrected chi connectivity index (χ4v) is 1.69. The molecule has 0 bridgehead atoms. The van der Waals surface area contributed by atoms with Gasteiger partial charge in [0.2, 0.25) is 5.95 Å². The summed E-state index contributed by atoms with van der Waals surface area (Å²) < 4.78 is 14.0. The summed E-state index contributed by atoms with van der Waals surface area (Å²) in [4.78, 5) is 19.0. The molecule has 5 nitrogen and oxygen atoms in total. The van der Waals surface area contributed by atoms with Gasteiger partial charge in [-0.1, -0.05) is 0 Å². The van der Waals surface area contributed by atoms with Crippen molar-refractivity contribution >= 4 is 11.6 Å². The van der Waals surface area contributed by atoms with E-state index in [2.05, 4.69) is 10.3 Å². The zero-order chi connectivity index (χ0) is 14.4. The second kappa shape index (κ2) is 7.04. The summed E-state index contributed by atoms with van der Waals surface area (Å²) in [5, 5.41) is 2.42. The number of hydrogen-bond acceptors (Lipinski definition) is 4. The molecule has 1 heterocycles. The zero-order valence-corrected chi connectivity index (χ0v) is 11.9. The first-order valence-corrected chi connectivity index (χ1v) is 6.27. The maximum Gasteiger partial charge on any atom is 0.269 e. The molecule has 0 fully saturated rings. The van der Waals surface area contributed by atoms with Crippen LogP contribution in [0.4, 0.5) is 10.1 Å². The average molecular weight is 268 g/mol. The van der Waals surface area contributed by atoms with Gasteiger partial charge in [-0.2, -0.15) is 4.39 Å². The van der Waals surface area contributed by atoms with E-state index in [0.29, 0.717) is 18.8 Å². The maximum atomic E-state index is 14.0. The molecule has 106 valence electrons. The number of anilines is 1. The molecule has 19 heavy (non-hydrogen) atoms. The van der Waals surface area contributed by atoms with Crippen LogP contribution in [0.3, 0.4) is 0 Å². The standard InChI is InChI=1S/C13H21FN4O/c1-5-18(9-8-17(3)4)11-7-6-10(13(19)15-2)16-12(11)14/h6-7H,5,8-9H2,1-4H3,(H,15,19). The van der Waals surface area contributed by atoms with Gasteiger partial charge in [-0.05, 0) is 33.2 Å². The summed E-state index contributed by atoms with van der Waals surface area (Å²) in [6.45, 7) is 4.18. The van der Waals surface area contributed by atoms with E-state index in [0.717, 1.165) is 6.54 Å². The fourth-order valence-electron chi connectivity index (χ4n) is 1.69. The quantitative estimate of drug-likeness (QED) is 0.781. The van der Waals surface area contributed by atoms with Crippen molar-refractivity contribution in [3.63, 3.8) is 0 Å². The van der Waals surface area contributed by atoms with Crippen molar-refractivity contribution in [1.82, 2.24) is 15.2 Å². The zero-order valence-electron chi connectivity index (χ0n) is 11.9. The number of nitrogens with one attached hydrogen (secondary N) is 1. The molecular weight excluding hydrogens is 247 g/mol. The molecule has 1 amide bonds. The first kappa shape index (κ1) is 15.4. The topological polar surface area (TPSA) is 48.5 Å². The lowest BCUT2D eigenvalue weighted by atomic mass is 10.3. The van der Waals surface area contributed by atoms with Crippen LogP contribution in [0, 0.1) is 5.95 Å². The van der Waals surface area contributed by atoms with Gasteiger partial charge in [-0.3, -0.25) is 4.79 Å². The normalized spacial score (nSPS) is 10.6. The Hall–Kier alpha value is -1.69. The molecule has 0 saturated heterocycles. The number of pyridine rings is 1. The molecule has 6 heteroatoms. The summed E-state index contributed by atoms with van der Waals surface area (Å²) in [6, 6.07) is 3.14. The van der Waals surface area contributed by atoms with Gasteiger partial charge >= 0.3 is 0 Å². The summed E-state index contributed by atoms with van der Waals surface area (Å²) >= 11 is 0. The Morgan fingerprint density at radius 3 is 2.53 bits per heavy atom. The highest BCUT2D eigenvalue weighted by Crippen LogP contribution is 2.17. The maximum absolute atomic E-state index is 14.0. The van der Waals surface area contributed by atoms with Crippen molar-refractivity contribution in [2.45, 2.75) is 6.92 Å². The van der Waals surface area contributed by atoms with E-state index in [1.807, 2.05) is 30.8 Å². The van der Waals surface area contributed by atoms with Gasteiger partial charge in [0.05, 0.1) is 5.69 Å². The van der Waals surface area contributed by atoms with E-state index < -0.39 is 5.95 Å². The number of carbonyl (C=O) groups excluding carboxylic acids is 1. The number of carbonyl (C=O) groups is 1. The van der Waals surface area contributed by atoms with E-state index >= 15 is 0 Å². The lowest BCUT2D eigenvalue weighted by Gasteiger charge is -2.24. The van der Waals surface area contributed by atoms with Gasteiger partial charge in [0.25, 0.3) is 5.91 Å². The van der Waals surface area contributed by atoms with Crippen LogP contribution in [0.2, 0.25) is 0 Å². The van der Waals surface area contributed by atoms with E-state index in [1.165, 1.54) is 13.1 Å². The van der Waals surface area contributed by atoms with Crippen molar-refractivity contribution in [2.75, 3.05) is 45.7 Å². The number of aromatic nitrogens is 1. The monoisotopic (exact) mass is 268 g/mol. The van der Waals surface area contributed by atoms with Crippen molar-refractivity contribution in [3.05, 3.63) is 23.8 Å². The summed E-state index contributed by atoms with van der Waals surface area (Å²) in [7, 11) is 5.43. The van der Waals surface area contributed by atoms with Crippen LogP contribution < -0.4 is 10.2 Å². The van der Waals surface area contributed by atoms with Crippen LogP contribution in [-0.4, -0.2) is 56.6 Å². The minimum absolute atomic E-state index is 0.0902. The third kappa shape index (κ3) is 4.17. The lowest BCUT2D eigenvalue weighted by molar-refractivity contribution is 0.0957. The number of nitrogens with zero attached hydrogens (tertiary/aromatic N) is 3. The SMILES string of the molecule is CCN(CCN(C)C)c1ccc(C(=O)NC)nc1F. The number of halogens is 1. The van der Waals surface area contributed by atoms with E-state index in [4.69, 9.17) is 0 Å². The van der Waals surface area contributed by atoms with Gasteiger partial charge in [-0.15, -0.1) is 0 Å². The number of amides is 1. The second-order valence-corrected chi connectivity index (χ2v) is 4.47. The van der Waals surface area contributed by atoms with E-state index in [-0.39, 0.29) is 11.6 Å². The molecule has 1 aromatic rings. The second-order valence-electron chi connectivity index (χ2n) is 4.47. The Bertz CT molecular complexity index is 437. The van der Waals surface area contributed by atoms with Gasteiger partial charge in [0.15, 0.2) is 0 Å². The summed E-state index contributed by atoms with van der Waals surface area (Å²) in [5.74, 6) is -0.997. The Kier molecular flexibility index (Phi) is 5.69. The van der Waals surface area contributed by atoms with Crippen LogP contribution in [0.15, 0.2) is 12.1 Å². The molecule has 0 saturated carbocycles. The Morgan fingerprint density at radius 1 is 1.37 bits per heavy atom. The minimum atomic E-state index is -0.610. The Morgan fingerprint density at radius 2 is 2.05 bits per heavy atom. The minimum Gasteiger partial charge on any atom is -0.367 e. The van der Waals surface area contributed by atoms with Crippen LogP contribution in [0.25, 0.3) is 0 Å². The predicted molar refractivity (Wildman–Crippen MR) is 74.0 cm³/mol. The number of hydrogen-bond donors (Lipinski definition) is 1. The first-order valence-electron chi connectivity index (χ1n) is 6.27. The van der Waals surface area contributed by atoms with Gasteiger partial charge in [0, 0.05) is 26.7 Å². The molecule has 0 aliphatic heterocycles. The first-order chi connectivity index (χ1) is 8.99. The molecule has 0 spiro atoms. The summed E-state index contributed by atoms with van der Waals surface area (Å²) in [6.07, 6.45) is 0. The van der Waals surface area contributed by atoms with Crippen LogP contribution >= 0.6 is 0 Å². The highest BCUT2D eigenvalue weighted by Gasteiger charge is 2.14. The Balaban J connectivity index is 2.90. The molecule has 1 N–H and O–H groups in total. The highest BCUT2D eigenvalue weighted by molar-refractivity contribution is 5.92. The van der Waals surface area contributed by atoms with Crippen molar-refractivity contribution < 1.29 is 9.18 Å². The molecule has 1 aromatic heterocycles. The van der Waals surface area contributed by atoms with E-state index in [1.54, 1.807) is 6.07 Å². The van der Waals surface area contributed by atoms with Gasteiger partial charge < -0.3 is 15.1 Å². The molecule has 0 unspecified atom stereocenters. The molecule has 0 aliphatic carbocycles. The highest BCUT2D eigenvalue weighted by atomic mass is 19.1. The molecule has 0 atom stereocenters. The third-order valence-electron chi connectivity index (χ3n) is 2.83. The van der Waals surface area contributed by atoms with Crippen molar-refractivity contribution in [3.8, 4) is 0 Å². The Labute approximate surface area is 113 Å². The molecule has 1 rings (SSSR count). The number of likely N-dealkylation sites (N-methyl/N-ethyl adjacent to an activating group) is 2. The molecule has 0 aromatic carbocycles. The average Bonchev–Trinajstić information content (AvgIpc) is 2.39. The van der Waals surface area contributed by atoms with Crippen molar-refractivity contribution in [2.24, 2.45) is 0 Å². The fraction of sp³-hybridized carbons (Fsp3) is 0.538. The van der Waals surface area contributed by atoms with Crippen molar-refractivity contribution in [1.29, 1.82) is 0 Å². The van der Waals surface area contributed by atoms with Crippen LogP contribution in [-0.2, 0) is 0 Å². The van der Waals surface area contributed by atoms with Gasteiger partial charge in [-0.25, -0.2) is 4.98 Å². The molecule has 0 radical (unpaired) electrons. The van der Waals surface area contributed by atoms with Gasteiger partial charge in [0.1, 0.15) is 5.69 Å². The molecule has 0 aliphatic rings. The predicted octanol–water partition coefficient (Wildman–Crippen LogP) is 0.968. The van der Waals surface area contributed by atoms with Crippen LogP contribution in [0.5, 0.6) is 0 Å². The smallest absolute Gasteiger partial charge is 0.269 e. The summed E-state index contributed by atoms with van der Waals surface area (Å²) in [5.41, 5.74) is 0.518.